The third-order valence-electron chi connectivity index (χ3n) is 3.60. The highest BCUT2D eigenvalue weighted by Crippen LogP contribution is 2.30. The van der Waals surface area contributed by atoms with Gasteiger partial charge in [-0.25, -0.2) is 13.2 Å². The van der Waals surface area contributed by atoms with Gasteiger partial charge in [0.05, 0.1) is 0 Å². The first-order chi connectivity index (χ1) is 10.1. The number of aryl methyl sites for hydroxylation is 1. The molecule has 0 aliphatic heterocycles. The van der Waals surface area contributed by atoms with Crippen LogP contribution in [0.3, 0.4) is 0 Å². The Morgan fingerprint density at radius 2 is 1.52 bits per heavy atom. The van der Waals surface area contributed by atoms with Crippen LogP contribution in [0.4, 0.5) is 13.2 Å². The Balaban J connectivity index is 2.22. The summed E-state index contributed by atoms with van der Waals surface area (Å²) in [6, 6.07) is 11.9. The summed E-state index contributed by atoms with van der Waals surface area (Å²) in [5.74, 6) is -1.89. The van der Waals surface area contributed by atoms with Crippen molar-refractivity contribution in [3.63, 3.8) is 0 Å². The van der Waals surface area contributed by atoms with Crippen LogP contribution < -0.4 is 0 Å². The lowest BCUT2D eigenvalue weighted by atomic mass is 9.98. The van der Waals surface area contributed by atoms with Crippen LogP contribution in [0.2, 0.25) is 0 Å². The molecule has 106 valence electrons. The molecular weight excluding hydrogens is 273 g/mol. The SMILES string of the molecule is CCc1ccc2c(F)c(-c3cc(F)cc(F)c3)ccc2c1. The van der Waals surface area contributed by atoms with Crippen LogP contribution in [0.5, 0.6) is 0 Å². The highest BCUT2D eigenvalue weighted by molar-refractivity contribution is 5.88. The first-order valence-corrected chi connectivity index (χ1v) is 6.76. The molecule has 3 heteroatoms. The van der Waals surface area contributed by atoms with E-state index in [1.54, 1.807) is 18.2 Å². The highest BCUT2D eigenvalue weighted by Gasteiger charge is 2.11. The van der Waals surface area contributed by atoms with E-state index in [-0.39, 0.29) is 11.1 Å². The lowest BCUT2D eigenvalue weighted by Crippen LogP contribution is -1.90. The maximum absolute atomic E-state index is 14.6. The molecule has 0 aromatic heterocycles. The van der Waals surface area contributed by atoms with Gasteiger partial charge in [0.15, 0.2) is 0 Å². The summed E-state index contributed by atoms with van der Waals surface area (Å²) in [5.41, 5.74) is 1.52. The van der Waals surface area contributed by atoms with Gasteiger partial charge in [0, 0.05) is 17.0 Å². The number of fused-ring (bicyclic) bond motifs is 1. The van der Waals surface area contributed by atoms with Crippen molar-refractivity contribution in [2.75, 3.05) is 0 Å². The van der Waals surface area contributed by atoms with Crippen molar-refractivity contribution in [3.8, 4) is 11.1 Å². The van der Waals surface area contributed by atoms with Crippen LogP contribution in [-0.2, 0) is 6.42 Å². The summed E-state index contributed by atoms with van der Waals surface area (Å²) in [6.45, 7) is 2.03. The third kappa shape index (κ3) is 2.51. The van der Waals surface area contributed by atoms with Gasteiger partial charge in [0.25, 0.3) is 0 Å². The van der Waals surface area contributed by atoms with Gasteiger partial charge in [0.1, 0.15) is 17.5 Å². The molecule has 0 spiro atoms. The smallest absolute Gasteiger partial charge is 0.138 e. The van der Waals surface area contributed by atoms with Crippen LogP contribution in [0.25, 0.3) is 21.9 Å². The second-order valence-corrected chi connectivity index (χ2v) is 4.99. The van der Waals surface area contributed by atoms with E-state index >= 15 is 0 Å². The molecule has 0 heterocycles. The van der Waals surface area contributed by atoms with E-state index < -0.39 is 17.5 Å². The fourth-order valence-electron chi connectivity index (χ4n) is 2.49. The number of rotatable bonds is 2. The topological polar surface area (TPSA) is 0 Å². The fourth-order valence-corrected chi connectivity index (χ4v) is 2.49. The van der Waals surface area contributed by atoms with Crippen LogP contribution in [0.15, 0.2) is 48.5 Å². The van der Waals surface area contributed by atoms with Crippen molar-refractivity contribution < 1.29 is 13.2 Å². The first-order valence-electron chi connectivity index (χ1n) is 6.76. The summed E-state index contributed by atoms with van der Waals surface area (Å²) in [6.07, 6.45) is 0.869. The molecule has 0 atom stereocenters. The van der Waals surface area contributed by atoms with Gasteiger partial charge in [-0.15, -0.1) is 0 Å². The Morgan fingerprint density at radius 3 is 2.19 bits per heavy atom. The van der Waals surface area contributed by atoms with Crippen molar-refractivity contribution in [2.24, 2.45) is 0 Å². The van der Waals surface area contributed by atoms with Crippen molar-refractivity contribution in [1.29, 1.82) is 0 Å². The second-order valence-electron chi connectivity index (χ2n) is 4.99. The van der Waals surface area contributed by atoms with E-state index in [1.807, 2.05) is 19.1 Å². The molecule has 3 aromatic rings. The Morgan fingerprint density at radius 1 is 0.810 bits per heavy atom. The molecule has 0 nitrogen and oxygen atoms in total. The van der Waals surface area contributed by atoms with Gasteiger partial charge in [-0.1, -0.05) is 37.3 Å². The van der Waals surface area contributed by atoms with Gasteiger partial charge in [-0.2, -0.15) is 0 Å². The summed E-state index contributed by atoms with van der Waals surface area (Å²) >= 11 is 0. The fraction of sp³-hybridized carbons (Fsp3) is 0.111. The van der Waals surface area contributed by atoms with Crippen molar-refractivity contribution in [2.45, 2.75) is 13.3 Å². The normalized spacial score (nSPS) is 11.0. The van der Waals surface area contributed by atoms with Gasteiger partial charge < -0.3 is 0 Å². The van der Waals surface area contributed by atoms with Crippen LogP contribution in [0, 0.1) is 17.5 Å². The number of benzene rings is 3. The number of halogens is 3. The van der Waals surface area contributed by atoms with E-state index in [1.165, 1.54) is 0 Å². The zero-order valence-corrected chi connectivity index (χ0v) is 11.5. The van der Waals surface area contributed by atoms with E-state index in [0.29, 0.717) is 5.39 Å². The average molecular weight is 286 g/mol. The predicted molar refractivity (Wildman–Crippen MR) is 78.6 cm³/mol. The molecule has 0 aliphatic rings. The Hall–Kier alpha value is -2.29. The van der Waals surface area contributed by atoms with Gasteiger partial charge in [-0.3, -0.25) is 0 Å². The molecule has 0 amide bonds. The summed E-state index contributed by atoms with van der Waals surface area (Å²) < 4.78 is 41.2. The van der Waals surface area contributed by atoms with Crippen molar-refractivity contribution in [1.82, 2.24) is 0 Å². The monoisotopic (exact) mass is 286 g/mol. The minimum Gasteiger partial charge on any atom is -0.207 e. The standard InChI is InChI=1S/C18H13F3/c1-2-11-3-5-16-12(7-11)4-6-17(18(16)21)13-8-14(19)10-15(20)9-13/h3-10H,2H2,1H3. The zero-order chi connectivity index (χ0) is 15.0. The van der Waals surface area contributed by atoms with E-state index in [0.717, 1.165) is 35.6 Å². The average Bonchev–Trinajstić information content (AvgIpc) is 2.46. The highest BCUT2D eigenvalue weighted by atomic mass is 19.1. The predicted octanol–water partition coefficient (Wildman–Crippen LogP) is 5.49. The van der Waals surface area contributed by atoms with Crippen LogP contribution >= 0.6 is 0 Å². The summed E-state index contributed by atoms with van der Waals surface area (Å²) in [4.78, 5) is 0. The molecular formula is C18H13F3. The maximum Gasteiger partial charge on any atom is 0.138 e. The molecule has 0 radical (unpaired) electrons. The van der Waals surface area contributed by atoms with Crippen LogP contribution in [-0.4, -0.2) is 0 Å². The lowest BCUT2D eigenvalue weighted by molar-refractivity contribution is 0.583. The Labute approximate surface area is 120 Å². The molecule has 0 aliphatic carbocycles. The zero-order valence-electron chi connectivity index (χ0n) is 11.5. The molecule has 0 N–H and O–H groups in total. The van der Waals surface area contributed by atoms with Crippen molar-refractivity contribution in [3.05, 3.63) is 71.5 Å². The number of hydrogen-bond donors (Lipinski definition) is 0. The van der Waals surface area contributed by atoms with E-state index in [2.05, 4.69) is 0 Å². The molecule has 3 aromatic carbocycles. The molecule has 0 saturated carbocycles. The third-order valence-corrected chi connectivity index (χ3v) is 3.60. The summed E-state index contributed by atoms with van der Waals surface area (Å²) in [5, 5.41) is 1.24. The molecule has 0 unspecified atom stereocenters. The largest absolute Gasteiger partial charge is 0.207 e. The summed E-state index contributed by atoms with van der Waals surface area (Å²) in [7, 11) is 0. The molecule has 0 saturated heterocycles. The first kappa shape index (κ1) is 13.7. The van der Waals surface area contributed by atoms with E-state index in [4.69, 9.17) is 0 Å². The number of hydrogen-bond acceptors (Lipinski definition) is 0. The Kier molecular flexibility index (Phi) is 3.42. The van der Waals surface area contributed by atoms with Crippen LogP contribution in [0.1, 0.15) is 12.5 Å². The molecule has 3 rings (SSSR count). The second kappa shape index (κ2) is 5.24. The maximum atomic E-state index is 14.6. The lowest BCUT2D eigenvalue weighted by Gasteiger charge is -2.08. The molecule has 0 fully saturated rings. The quantitative estimate of drug-likeness (QED) is 0.584. The minimum atomic E-state index is -0.717. The van der Waals surface area contributed by atoms with E-state index in [9.17, 15) is 13.2 Å². The van der Waals surface area contributed by atoms with Crippen molar-refractivity contribution >= 4 is 10.8 Å². The Bertz CT molecular complexity index is 802. The van der Waals surface area contributed by atoms with Gasteiger partial charge in [0.2, 0.25) is 0 Å². The minimum absolute atomic E-state index is 0.199. The molecule has 0 bridgehead atoms. The van der Waals surface area contributed by atoms with Gasteiger partial charge >= 0.3 is 0 Å². The molecule has 21 heavy (non-hydrogen) atoms. The van der Waals surface area contributed by atoms with Gasteiger partial charge in [-0.05, 0) is 35.1 Å².